The van der Waals surface area contributed by atoms with Gasteiger partial charge in [0.05, 0.1) is 0 Å². The van der Waals surface area contributed by atoms with Gasteiger partial charge in [0, 0.05) is 31.4 Å². The summed E-state index contributed by atoms with van der Waals surface area (Å²) in [6, 6.07) is 7.73. The van der Waals surface area contributed by atoms with E-state index in [4.69, 9.17) is 0 Å². The summed E-state index contributed by atoms with van der Waals surface area (Å²) in [5, 5.41) is 3.02. The molecule has 3 heteroatoms. The molecule has 0 fully saturated rings. The van der Waals surface area contributed by atoms with Gasteiger partial charge in [-0.25, -0.2) is 0 Å². The number of carbonyl (C=O) groups is 1. The normalized spacial score (nSPS) is 10.2. The van der Waals surface area contributed by atoms with E-state index in [1.165, 1.54) is 0 Å². The zero-order valence-electron chi connectivity index (χ0n) is 9.74. The molecule has 82 valence electrons. The largest absolute Gasteiger partial charge is 0.388 e. The van der Waals surface area contributed by atoms with Crippen LogP contribution in [0.2, 0.25) is 0 Å². The van der Waals surface area contributed by atoms with Crippen LogP contribution in [0.25, 0.3) is 0 Å². The summed E-state index contributed by atoms with van der Waals surface area (Å²) in [7, 11) is 3.66. The number of nitrogens with zero attached hydrogens (tertiary/aromatic N) is 1. The Balaban J connectivity index is 2.91. The van der Waals surface area contributed by atoms with E-state index in [2.05, 4.69) is 5.32 Å². The topological polar surface area (TPSA) is 32.3 Å². The van der Waals surface area contributed by atoms with Gasteiger partial charge < -0.3 is 10.2 Å². The summed E-state index contributed by atoms with van der Waals surface area (Å²) in [6.45, 7) is 4.00. The smallest absolute Gasteiger partial charge is 0.253 e. The Bertz CT molecular complexity index is 347. The molecule has 0 spiro atoms. The lowest BCUT2D eigenvalue weighted by Gasteiger charge is -2.21. The van der Waals surface area contributed by atoms with E-state index in [0.29, 0.717) is 0 Å². The molecule has 15 heavy (non-hydrogen) atoms. The Labute approximate surface area is 91.1 Å². The molecule has 1 rings (SSSR count). The summed E-state index contributed by atoms with van der Waals surface area (Å²) < 4.78 is 0. The second-order valence-electron chi connectivity index (χ2n) is 3.84. The minimum Gasteiger partial charge on any atom is -0.388 e. The number of benzene rings is 1. The molecule has 1 aromatic carbocycles. The molecule has 0 bridgehead atoms. The van der Waals surface area contributed by atoms with E-state index < -0.39 is 0 Å². The first kappa shape index (κ1) is 11.6. The number of hydrogen-bond donors (Lipinski definition) is 1. The Morgan fingerprint density at radius 3 is 2.60 bits per heavy atom. The molecular weight excluding hydrogens is 188 g/mol. The van der Waals surface area contributed by atoms with Crippen LogP contribution in [0.5, 0.6) is 0 Å². The van der Waals surface area contributed by atoms with E-state index in [0.717, 1.165) is 11.3 Å². The Kier molecular flexibility index (Phi) is 3.72. The lowest BCUT2D eigenvalue weighted by atomic mass is 10.1. The van der Waals surface area contributed by atoms with Gasteiger partial charge in [0.1, 0.15) is 0 Å². The van der Waals surface area contributed by atoms with Crippen molar-refractivity contribution < 1.29 is 4.79 Å². The van der Waals surface area contributed by atoms with Gasteiger partial charge in [0.25, 0.3) is 5.91 Å². The second kappa shape index (κ2) is 4.82. The Hall–Kier alpha value is -1.51. The van der Waals surface area contributed by atoms with Gasteiger partial charge in [-0.1, -0.05) is 6.07 Å². The molecular formula is C12H18N2O. The SMILES string of the molecule is CNc1cccc(C(=O)N(C)C(C)C)c1. The molecule has 0 heterocycles. The van der Waals surface area contributed by atoms with Crippen LogP contribution in [0.3, 0.4) is 0 Å². The van der Waals surface area contributed by atoms with E-state index in [1.54, 1.807) is 4.90 Å². The highest BCUT2D eigenvalue weighted by atomic mass is 16.2. The van der Waals surface area contributed by atoms with Crippen molar-refractivity contribution in [3.8, 4) is 0 Å². The third-order valence-electron chi connectivity index (χ3n) is 2.49. The highest BCUT2D eigenvalue weighted by Crippen LogP contribution is 2.12. The number of hydrogen-bond acceptors (Lipinski definition) is 2. The predicted molar refractivity (Wildman–Crippen MR) is 63.2 cm³/mol. The lowest BCUT2D eigenvalue weighted by molar-refractivity contribution is 0.0755. The fourth-order valence-corrected chi connectivity index (χ4v) is 1.25. The molecule has 0 aliphatic heterocycles. The van der Waals surface area contributed by atoms with Crippen LogP contribution in [-0.2, 0) is 0 Å². The molecule has 1 aromatic rings. The monoisotopic (exact) mass is 206 g/mol. The first-order valence-electron chi connectivity index (χ1n) is 5.11. The van der Waals surface area contributed by atoms with Gasteiger partial charge in [-0.3, -0.25) is 4.79 Å². The van der Waals surface area contributed by atoms with Crippen molar-refractivity contribution in [3.05, 3.63) is 29.8 Å². The minimum atomic E-state index is 0.0575. The molecule has 0 radical (unpaired) electrons. The quantitative estimate of drug-likeness (QED) is 0.822. The number of rotatable bonds is 3. The van der Waals surface area contributed by atoms with Crippen molar-refractivity contribution in [1.82, 2.24) is 4.90 Å². The second-order valence-corrected chi connectivity index (χ2v) is 3.84. The Morgan fingerprint density at radius 2 is 2.07 bits per heavy atom. The summed E-state index contributed by atoms with van der Waals surface area (Å²) in [4.78, 5) is 13.7. The van der Waals surface area contributed by atoms with Crippen molar-refractivity contribution in [2.24, 2.45) is 0 Å². The van der Waals surface area contributed by atoms with Gasteiger partial charge in [0.2, 0.25) is 0 Å². The maximum atomic E-state index is 12.0. The number of nitrogens with one attached hydrogen (secondary N) is 1. The average molecular weight is 206 g/mol. The molecule has 0 aliphatic carbocycles. The van der Waals surface area contributed by atoms with Crippen molar-refractivity contribution >= 4 is 11.6 Å². The highest BCUT2D eigenvalue weighted by molar-refractivity contribution is 5.95. The molecule has 0 saturated heterocycles. The zero-order valence-corrected chi connectivity index (χ0v) is 9.74. The van der Waals surface area contributed by atoms with Crippen LogP contribution in [0, 0.1) is 0 Å². The Morgan fingerprint density at radius 1 is 1.40 bits per heavy atom. The summed E-state index contributed by atoms with van der Waals surface area (Å²) >= 11 is 0. The number of amides is 1. The molecule has 0 unspecified atom stereocenters. The van der Waals surface area contributed by atoms with Crippen molar-refractivity contribution in [2.45, 2.75) is 19.9 Å². The third-order valence-corrected chi connectivity index (χ3v) is 2.49. The van der Waals surface area contributed by atoms with Crippen LogP contribution in [0.1, 0.15) is 24.2 Å². The van der Waals surface area contributed by atoms with E-state index in [1.807, 2.05) is 52.2 Å². The van der Waals surface area contributed by atoms with E-state index in [9.17, 15) is 4.79 Å². The molecule has 0 aromatic heterocycles. The van der Waals surface area contributed by atoms with Crippen LogP contribution < -0.4 is 5.32 Å². The van der Waals surface area contributed by atoms with Crippen LogP contribution in [-0.4, -0.2) is 30.9 Å². The summed E-state index contributed by atoms with van der Waals surface area (Å²) in [5.74, 6) is 0.0575. The predicted octanol–water partition coefficient (Wildman–Crippen LogP) is 2.21. The van der Waals surface area contributed by atoms with E-state index in [-0.39, 0.29) is 11.9 Å². The molecule has 0 aliphatic rings. The maximum Gasteiger partial charge on any atom is 0.253 e. The first-order chi connectivity index (χ1) is 7.06. The van der Waals surface area contributed by atoms with Gasteiger partial charge in [-0.2, -0.15) is 0 Å². The molecule has 1 amide bonds. The van der Waals surface area contributed by atoms with E-state index >= 15 is 0 Å². The number of anilines is 1. The van der Waals surface area contributed by atoms with Crippen LogP contribution in [0.15, 0.2) is 24.3 Å². The van der Waals surface area contributed by atoms with Crippen molar-refractivity contribution in [3.63, 3.8) is 0 Å². The third kappa shape index (κ3) is 2.72. The van der Waals surface area contributed by atoms with Crippen molar-refractivity contribution in [1.29, 1.82) is 0 Å². The number of carbonyl (C=O) groups excluding carboxylic acids is 1. The standard InChI is InChI=1S/C12H18N2O/c1-9(2)14(4)12(15)10-6-5-7-11(8-10)13-3/h5-9,13H,1-4H3. The summed E-state index contributed by atoms with van der Waals surface area (Å²) in [6.07, 6.45) is 0. The van der Waals surface area contributed by atoms with Gasteiger partial charge in [-0.05, 0) is 32.0 Å². The zero-order chi connectivity index (χ0) is 11.4. The lowest BCUT2D eigenvalue weighted by Crippen LogP contribution is -2.32. The van der Waals surface area contributed by atoms with Crippen LogP contribution >= 0.6 is 0 Å². The van der Waals surface area contributed by atoms with Gasteiger partial charge >= 0.3 is 0 Å². The van der Waals surface area contributed by atoms with Gasteiger partial charge in [-0.15, -0.1) is 0 Å². The summed E-state index contributed by atoms with van der Waals surface area (Å²) in [5.41, 5.74) is 1.68. The van der Waals surface area contributed by atoms with Gasteiger partial charge in [0.15, 0.2) is 0 Å². The molecule has 1 N–H and O–H groups in total. The fourth-order valence-electron chi connectivity index (χ4n) is 1.25. The minimum absolute atomic E-state index is 0.0575. The average Bonchev–Trinajstić information content (AvgIpc) is 2.27. The fraction of sp³-hybridized carbons (Fsp3) is 0.417. The highest BCUT2D eigenvalue weighted by Gasteiger charge is 2.13. The molecule has 3 nitrogen and oxygen atoms in total. The first-order valence-corrected chi connectivity index (χ1v) is 5.11. The maximum absolute atomic E-state index is 12.0. The van der Waals surface area contributed by atoms with Crippen molar-refractivity contribution in [2.75, 3.05) is 19.4 Å². The molecule has 0 atom stereocenters. The van der Waals surface area contributed by atoms with Crippen LogP contribution in [0.4, 0.5) is 5.69 Å². The molecule has 0 saturated carbocycles.